The van der Waals surface area contributed by atoms with Gasteiger partial charge in [0.05, 0.1) is 0 Å². The Morgan fingerprint density at radius 2 is 2.00 bits per heavy atom. The Bertz CT molecular complexity index is 455. The van der Waals surface area contributed by atoms with Gasteiger partial charge in [-0.05, 0) is 62.4 Å². The standard InChI is InChI=1S/C18H29BrN2/c1-5-20-14(4)17-12-15(19)6-9-18(17)21(16-7-8-16)11-10-13(2)3/h6,9,12-14,16,20H,5,7-8,10-11H2,1-4H3. The molecular weight excluding hydrogens is 324 g/mol. The number of anilines is 1. The van der Waals surface area contributed by atoms with Gasteiger partial charge in [0.25, 0.3) is 0 Å². The molecule has 0 saturated heterocycles. The third kappa shape index (κ3) is 4.72. The first-order valence-corrected chi connectivity index (χ1v) is 9.11. The lowest BCUT2D eigenvalue weighted by Crippen LogP contribution is -2.30. The van der Waals surface area contributed by atoms with Crippen LogP contribution in [0.4, 0.5) is 5.69 Å². The van der Waals surface area contributed by atoms with E-state index < -0.39 is 0 Å². The number of hydrogen-bond acceptors (Lipinski definition) is 2. The molecule has 0 heterocycles. The van der Waals surface area contributed by atoms with Crippen molar-refractivity contribution in [2.45, 2.75) is 59.0 Å². The zero-order chi connectivity index (χ0) is 15.4. The smallest absolute Gasteiger partial charge is 0.0417 e. The number of halogens is 1. The van der Waals surface area contributed by atoms with Gasteiger partial charge >= 0.3 is 0 Å². The maximum absolute atomic E-state index is 3.63. The average molecular weight is 353 g/mol. The van der Waals surface area contributed by atoms with Crippen LogP contribution in [-0.4, -0.2) is 19.1 Å². The number of hydrogen-bond donors (Lipinski definition) is 1. The van der Waals surface area contributed by atoms with Crippen LogP contribution in [0.25, 0.3) is 0 Å². The maximum Gasteiger partial charge on any atom is 0.0417 e. The SMILES string of the molecule is CCNC(C)c1cc(Br)ccc1N(CCC(C)C)C1CC1. The second kappa shape index (κ2) is 7.64. The summed E-state index contributed by atoms with van der Waals surface area (Å²) in [5.41, 5.74) is 2.84. The van der Waals surface area contributed by atoms with Gasteiger partial charge in [-0.25, -0.2) is 0 Å². The molecule has 21 heavy (non-hydrogen) atoms. The molecule has 0 aromatic heterocycles. The predicted octanol–water partition coefficient (Wildman–Crippen LogP) is 5.13. The zero-order valence-corrected chi connectivity index (χ0v) is 15.4. The van der Waals surface area contributed by atoms with E-state index >= 15 is 0 Å². The Morgan fingerprint density at radius 3 is 2.57 bits per heavy atom. The van der Waals surface area contributed by atoms with E-state index in [2.05, 4.69) is 72.0 Å². The molecule has 1 aliphatic carbocycles. The normalized spacial score (nSPS) is 16.3. The molecule has 0 aliphatic heterocycles. The van der Waals surface area contributed by atoms with Gasteiger partial charge in [-0.15, -0.1) is 0 Å². The molecule has 1 aliphatic rings. The highest BCUT2D eigenvalue weighted by atomic mass is 79.9. The van der Waals surface area contributed by atoms with E-state index in [4.69, 9.17) is 0 Å². The van der Waals surface area contributed by atoms with Crippen LogP contribution in [0.3, 0.4) is 0 Å². The van der Waals surface area contributed by atoms with E-state index in [1.807, 2.05) is 0 Å². The first kappa shape index (κ1) is 16.8. The molecule has 0 amide bonds. The minimum Gasteiger partial charge on any atom is -0.368 e. The summed E-state index contributed by atoms with van der Waals surface area (Å²) in [6.07, 6.45) is 3.97. The van der Waals surface area contributed by atoms with E-state index in [0.717, 1.165) is 18.5 Å². The second-order valence-electron chi connectivity index (χ2n) is 6.59. The quantitative estimate of drug-likeness (QED) is 0.697. The monoisotopic (exact) mass is 352 g/mol. The van der Waals surface area contributed by atoms with Crippen LogP contribution in [0.5, 0.6) is 0 Å². The van der Waals surface area contributed by atoms with Crippen LogP contribution in [0, 0.1) is 5.92 Å². The van der Waals surface area contributed by atoms with Crippen LogP contribution in [0.15, 0.2) is 22.7 Å². The largest absolute Gasteiger partial charge is 0.368 e. The zero-order valence-electron chi connectivity index (χ0n) is 13.8. The summed E-state index contributed by atoms with van der Waals surface area (Å²) >= 11 is 3.63. The van der Waals surface area contributed by atoms with Crippen molar-refractivity contribution in [3.05, 3.63) is 28.2 Å². The molecule has 2 rings (SSSR count). The molecule has 1 unspecified atom stereocenters. The number of nitrogens with one attached hydrogen (secondary N) is 1. The number of benzene rings is 1. The van der Waals surface area contributed by atoms with Crippen LogP contribution < -0.4 is 10.2 Å². The van der Waals surface area contributed by atoms with Crippen LogP contribution in [-0.2, 0) is 0 Å². The summed E-state index contributed by atoms with van der Waals surface area (Å²) in [5.74, 6) is 0.760. The third-order valence-electron chi connectivity index (χ3n) is 4.21. The molecule has 0 radical (unpaired) electrons. The Morgan fingerprint density at radius 1 is 1.29 bits per heavy atom. The Labute approximate surface area is 138 Å². The maximum atomic E-state index is 3.63. The summed E-state index contributed by atoms with van der Waals surface area (Å²) in [5, 5.41) is 3.56. The van der Waals surface area contributed by atoms with E-state index in [1.165, 1.54) is 41.5 Å². The van der Waals surface area contributed by atoms with Crippen molar-refractivity contribution in [1.29, 1.82) is 0 Å². The minimum atomic E-state index is 0.391. The molecule has 1 aromatic rings. The van der Waals surface area contributed by atoms with Gasteiger partial charge in [-0.2, -0.15) is 0 Å². The van der Waals surface area contributed by atoms with Crippen molar-refractivity contribution in [3.8, 4) is 0 Å². The van der Waals surface area contributed by atoms with Crippen molar-refractivity contribution >= 4 is 21.6 Å². The molecule has 2 nitrogen and oxygen atoms in total. The van der Waals surface area contributed by atoms with Gasteiger partial charge in [-0.3, -0.25) is 0 Å². The summed E-state index contributed by atoms with van der Waals surface area (Å²) in [4.78, 5) is 2.65. The molecule has 1 N–H and O–H groups in total. The third-order valence-corrected chi connectivity index (χ3v) is 4.70. The van der Waals surface area contributed by atoms with Crippen LogP contribution in [0.2, 0.25) is 0 Å². The van der Waals surface area contributed by atoms with Gasteiger partial charge in [-0.1, -0.05) is 36.7 Å². The number of rotatable bonds is 8. The average Bonchev–Trinajstić information content (AvgIpc) is 3.25. The predicted molar refractivity (Wildman–Crippen MR) is 96.1 cm³/mol. The van der Waals surface area contributed by atoms with Crippen molar-refractivity contribution in [2.24, 2.45) is 5.92 Å². The van der Waals surface area contributed by atoms with Gasteiger partial charge in [0.15, 0.2) is 0 Å². The number of nitrogens with zero attached hydrogens (tertiary/aromatic N) is 1. The molecule has 0 bridgehead atoms. The lowest BCUT2D eigenvalue weighted by atomic mass is 10.0. The molecule has 3 heteroatoms. The molecule has 1 aromatic carbocycles. The summed E-state index contributed by atoms with van der Waals surface area (Å²) in [6, 6.07) is 7.92. The van der Waals surface area contributed by atoms with Gasteiger partial charge in [0, 0.05) is 28.8 Å². The van der Waals surface area contributed by atoms with Crippen molar-refractivity contribution in [3.63, 3.8) is 0 Å². The van der Waals surface area contributed by atoms with Crippen LogP contribution >= 0.6 is 15.9 Å². The minimum absolute atomic E-state index is 0.391. The van der Waals surface area contributed by atoms with Crippen molar-refractivity contribution in [1.82, 2.24) is 5.32 Å². The first-order chi connectivity index (χ1) is 10.0. The van der Waals surface area contributed by atoms with E-state index in [9.17, 15) is 0 Å². The highest BCUT2D eigenvalue weighted by Gasteiger charge is 2.30. The van der Waals surface area contributed by atoms with E-state index in [0.29, 0.717) is 6.04 Å². The second-order valence-corrected chi connectivity index (χ2v) is 7.51. The van der Waals surface area contributed by atoms with Gasteiger partial charge in [0.1, 0.15) is 0 Å². The van der Waals surface area contributed by atoms with Crippen molar-refractivity contribution < 1.29 is 0 Å². The first-order valence-electron chi connectivity index (χ1n) is 8.32. The van der Waals surface area contributed by atoms with Crippen molar-refractivity contribution in [2.75, 3.05) is 18.0 Å². The van der Waals surface area contributed by atoms with Gasteiger partial charge < -0.3 is 10.2 Å². The van der Waals surface area contributed by atoms with Crippen LogP contribution in [0.1, 0.15) is 58.6 Å². The lowest BCUT2D eigenvalue weighted by molar-refractivity contribution is 0.563. The highest BCUT2D eigenvalue weighted by Crippen LogP contribution is 2.37. The Hall–Kier alpha value is -0.540. The topological polar surface area (TPSA) is 15.3 Å². The van der Waals surface area contributed by atoms with E-state index in [-0.39, 0.29) is 0 Å². The fourth-order valence-electron chi connectivity index (χ4n) is 2.83. The Kier molecular flexibility index (Phi) is 6.12. The summed E-state index contributed by atoms with van der Waals surface area (Å²) in [6.45, 7) is 11.2. The molecular formula is C18H29BrN2. The molecule has 0 spiro atoms. The fourth-order valence-corrected chi connectivity index (χ4v) is 3.21. The molecule has 1 saturated carbocycles. The summed E-state index contributed by atoms with van der Waals surface area (Å²) in [7, 11) is 0. The molecule has 118 valence electrons. The Balaban J connectivity index is 2.26. The molecule has 1 fully saturated rings. The van der Waals surface area contributed by atoms with E-state index in [1.54, 1.807) is 0 Å². The summed E-state index contributed by atoms with van der Waals surface area (Å²) < 4.78 is 1.17. The molecule has 1 atom stereocenters. The lowest BCUT2D eigenvalue weighted by Gasteiger charge is -2.30. The highest BCUT2D eigenvalue weighted by molar-refractivity contribution is 9.10. The van der Waals surface area contributed by atoms with Gasteiger partial charge in [0.2, 0.25) is 0 Å². The fraction of sp³-hybridized carbons (Fsp3) is 0.667.